The molecular formula is C11H14F2N2O4. The SMILES string of the molecule is CC(NC(=O)c1ccco1)C(=O)NCC(F)(F)CO. The van der Waals surface area contributed by atoms with Crippen LogP contribution in [0.1, 0.15) is 17.5 Å². The van der Waals surface area contributed by atoms with E-state index >= 15 is 0 Å². The quantitative estimate of drug-likeness (QED) is 0.689. The second-order valence-electron chi connectivity index (χ2n) is 3.90. The number of hydrogen-bond acceptors (Lipinski definition) is 4. The fourth-order valence-corrected chi connectivity index (χ4v) is 1.17. The Kier molecular flexibility index (Phi) is 4.99. The van der Waals surface area contributed by atoms with Crippen molar-refractivity contribution in [1.29, 1.82) is 0 Å². The van der Waals surface area contributed by atoms with Gasteiger partial charge in [-0.3, -0.25) is 9.59 Å². The molecule has 3 N–H and O–H groups in total. The predicted molar refractivity (Wildman–Crippen MR) is 60.7 cm³/mol. The van der Waals surface area contributed by atoms with E-state index in [9.17, 15) is 18.4 Å². The Morgan fingerprint density at radius 2 is 2.21 bits per heavy atom. The molecule has 2 amide bonds. The summed E-state index contributed by atoms with van der Waals surface area (Å²) in [6.07, 6.45) is 1.29. The van der Waals surface area contributed by atoms with Gasteiger partial charge in [-0.15, -0.1) is 0 Å². The number of alkyl halides is 2. The van der Waals surface area contributed by atoms with Gasteiger partial charge in [0.1, 0.15) is 12.6 Å². The molecule has 106 valence electrons. The first kappa shape index (κ1) is 15.1. The number of amides is 2. The molecule has 1 atom stereocenters. The lowest BCUT2D eigenvalue weighted by atomic mass is 10.2. The summed E-state index contributed by atoms with van der Waals surface area (Å²) < 4.78 is 30.2. The molecule has 0 aliphatic carbocycles. The van der Waals surface area contributed by atoms with E-state index in [4.69, 9.17) is 9.52 Å². The van der Waals surface area contributed by atoms with E-state index in [1.54, 1.807) is 0 Å². The van der Waals surface area contributed by atoms with Gasteiger partial charge < -0.3 is 20.2 Å². The number of halogens is 2. The van der Waals surface area contributed by atoms with Crippen molar-refractivity contribution in [2.75, 3.05) is 13.2 Å². The van der Waals surface area contributed by atoms with E-state index in [1.807, 2.05) is 5.32 Å². The fraction of sp³-hybridized carbons (Fsp3) is 0.455. The Morgan fingerprint density at radius 3 is 2.74 bits per heavy atom. The Hall–Kier alpha value is -1.96. The number of carbonyl (C=O) groups is 2. The van der Waals surface area contributed by atoms with Crippen molar-refractivity contribution in [3.63, 3.8) is 0 Å². The van der Waals surface area contributed by atoms with Crippen molar-refractivity contribution in [2.45, 2.75) is 18.9 Å². The van der Waals surface area contributed by atoms with E-state index < -0.39 is 36.9 Å². The number of carbonyl (C=O) groups excluding carboxylic acids is 2. The zero-order valence-corrected chi connectivity index (χ0v) is 10.2. The smallest absolute Gasteiger partial charge is 0.287 e. The highest BCUT2D eigenvalue weighted by atomic mass is 19.3. The van der Waals surface area contributed by atoms with Crippen LogP contribution in [-0.2, 0) is 4.79 Å². The van der Waals surface area contributed by atoms with Gasteiger partial charge >= 0.3 is 0 Å². The van der Waals surface area contributed by atoms with Crippen LogP contribution < -0.4 is 10.6 Å². The van der Waals surface area contributed by atoms with Crippen molar-refractivity contribution >= 4 is 11.8 Å². The minimum Gasteiger partial charge on any atom is -0.459 e. The number of aliphatic hydroxyl groups excluding tert-OH is 1. The lowest BCUT2D eigenvalue weighted by molar-refractivity contribution is -0.125. The van der Waals surface area contributed by atoms with Gasteiger partial charge in [-0.25, -0.2) is 8.78 Å². The van der Waals surface area contributed by atoms with Crippen molar-refractivity contribution in [3.05, 3.63) is 24.2 Å². The largest absolute Gasteiger partial charge is 0.459 e. The first-order chi connectivity index (χ1) is 8.85. The third-order valence-corrected chi connectivity index (χ3v) is 2.24. The zero-order chi connectivity index (χ0) is 14.5. The summed E-state index contributed by atoms with van der Waals surface area (Å²) in [7, 11) is 0. The van der Waals surface area contributed by atoms with Crippen LogP contribution in [0.25, 0.3) is 0 Å². The van der Waals surface area contributed by atoms with Crippen LogP contribution in [0.5, 0.6) is 0 Å². The molecule has 0 radical (unpaired) electrons. The van der Waals surface area contributed by atoms with Crippen LogP contribution in [0.2, 0.25) is 0 Å². The van der Waals surface area contributed by atoms with Gasteiger partial charge in [0.25, 0.3) is 11.8 Å². The summed E-state index contributed by atoms with van der Waals surface area (Å²) in [5.41, 5.74) is 0. The van der Waals surface area contributed by atoms with E-state index in [0.717, 1.165) is 0 Å². The maximum Gasteiger partial charge on any atom is 0.287 e. The third-order valence-electron chi connectivity index (χ3n) is 2.24. The molecule has 1 unspecified atom stereocenters. The van der Waals surface area contributed by atoms with Gasteiger partial charge in [0, 0.05) is 0 Å². The van der Waals surface area contributed by atoms with Crippen LogP contribution in [0.3, 0.4) is 0 Å². The highest BCUT2D eigenvalue weighted by molar-refractivity contribution is 5.95. The molecular weight excluding hydrogens is 262 g/mol. The van der Waals surface area contributed by atoms with Crippen LogP contribution >= 0.6 is 0 Å². The average molecular weight is 276 g/mol. The topological polar surface area (TPSA) is 91.6 Å². The van der Waals surface area contributed by atoms with Crippen LogP contribution in [0.15, 0.2) is 22.8 Å². The average Bonchev–Trinajstić information content (AvgIpc) is 2.89. The lowest BCUT2D eigenvalue weighted by Gasteiger charge is -2.17. The Bertz CT molecular complexity index is 434. The van der Waals surface area contributed by atoms with Gasteiger partial charge in [-0.1, -0.05) is 0 Å². The highest BCUT2D eigenvalue weighted by Crippen LogP contribution is 2.09. The number of aliphatic hydroxyl groups is 1. The normalized spacial score (nSPS) is 12.8. The maximum atomic E-state index is 12.7. The predicted octanol–water partition coefficient (Wildman–Crippen LogP) is 0.142. The molecule has 0 saturated carbocycles. The Balaban J connectivity index is 2.43. The molecule has 1 aromatic heterocycles. The summed E-state index contributed by atoms with van der Waals surface area (Å²) in [6, 6.07) is 1.90. The molecule has 0 aromatic carbocycles. The molecule has 1 heterocycles. The lowest BCUT2D eigenvalue weighted by Crippen LogP contribution is -2.48. The summed E-state index contributed by atoms with van der Waals surface area (Å²) in [5.74, 6) is -4.78. The van der Waals surface area contributed by atoms with Gasteiger partial charge in [-0.2, -0.15) is 0 Å². The van der Waals surface area contributed by atoms with Crippen molar-refractivity contribution < 1.29 is 27.9 Å². The molecule has 0 aliphatic rings. The van der Waals surface area contributed by atoms with Crippen molar-refractivity contribution in [1.82, 2.24) is 10.6 Å². The maximum absolute atomic E-state index is 12.7. The van der Waals surface area contributed by atoms with Crippen LogP contribution in [-0.4, -0.2) is 42.0 Å². The summed E-state index contributed by atoms with van der Waals surface area (Å²) in [5, 5.41) is 12.5. The molecule has 6 nitrogen and oxygen atoms in total. The number of rotatable bonds is 6. The van der Waals surface area contributed by atoms with Gasteiger partial charge in [0.2, 0.25) is 5.91 Å². The molecule has 1 aromatic rings. The van der Waals surface area contributed by atoms with Crippen LogP contribution in [0, 0.1) is 0 Å². The molecule has 1 rings (SSSR count). The molecule has 0 aliphatic heterocycles. The first-order valence-corrected chi connectivity index (χ1v) is 5.46. The standard InChI is InChI=1S/C11H14F2N2O4/c1-7(9(17)14-5-11(12,13)6-16)15-10(18)8-3-2-4-19-8/h2-4,7,16H,5-6H2,1H3,(H,14,17)(H,15,18). The molecule has 8 heteroatoms. The Morgan fingerprint density at radius 1 is 1.53 bits per heavy atom. The molecule has 0 bridgehead atoms. The minimum absolute atomic E-state index is 0.0142. The second kappa shape index (κ2) is 6.28. The van der Waals surface area contributed by atoms with Gasteiger partial charge in [0.05, 0.1) is 12.8 Å². The number of hydrogen-bond donors (Lipinski definition) is 3. The number of nitrogens with one attached hydrogen (secondary N) is 2. The minimum atomic E-state index is -3.39. The zero-order valence-electron chi connectivity index (χ0n) is 10.2. The summed E-state index contributed by atoms with van der Waals surface area (Å²) in [4.78, 5) is 22.9. The third kappa shape index (κ3) is 4.66. The van der Waals surface area contributed by atoms with E-state index in [0.29, 0.717) is 0 Å². The monoisotopic (exact) mass is 276 g/mol. The van der Waals surface area contributed by atoms with E-state index in [-0.39, 0.29) is 5.76 Å². The summed E-state index contributed by atoms with van der Waals surface area (Å²) in [6.45, 7) is -1.02. The van der Waals surface area contributed by atoms with E-state index in [2.05, 4.69) is 5.32 Å². The first-order valence-electron chi connectivity index (χ1n) is 5.46. The summed E-state index contributed by atoms with van der Waals surface area (Å²) >= 11 is 0. The fourth-order valence-electron chi connectivity index (χ4n) is 1.17. The molecule has 0 fully saturated rings. The van der Waals surface area contributed by atoms with Crippen molar-refractivity contribution in [3.8, 4) is 0 Å². The molecule has 0 saturated heterocycles. The van der Waals surface area contributed by atoms with E-state index in [1.165, 1.54) is 25.3 Å². The van der Waals surface area contributed by atoms with Gasteiger partial charge in [-0.05, 0) is 19.1 Å². The molecule has 19 heavy (non-hydrogen) atoms. The van der Waals surface area contributed by atoms with Gasteiger partial charge in [0.15, 0.2) is 5.76 Å². The highest BCUT2D eigenvalue weighted by Gasteiger charge is 2.29. The second-order valence-corrected chi connectivity index (χ2v) is 3.90. The van der Waals surface area contributed by atoms with Crippen LogP contribution in [0.4, 0.5) is 8.78 Å². The number of furan rings is 1. The Labute approximate surface area is 107 Å². The molecule has 0 spiro atoms. The van der Waals surface area contributed by atoms with Crippen molar-refractivity contribution in [2.24, 2.45) is 0 Å².